The number of esters is 1. The molecule has 1 rings (SSSR count). The molecule has 0 radical (unpaired) electrons. The summed E-state index contributed by atoms with van der Waals surface area (Å²) in [5, 5.41) is 6.95. The molecule has 0 saturated carbocycles. The minimum Gasteiger partial charge on any atom is -0.468 e. The second kappa shape index (κ2) is 7.59. The van der Waals surface area contributed by atoms with Gasteiger partial charge in [-0.15, -0.1) is 12.3 Å². The lowest BCUT2D eigenvalue weighted by atomic mass is 10.3. The maximum absolute atomic E-state index is 11.9. The van der Waals surface area contributed by atoms with Gasteiger partial charge in [0.15, 0.2) is 0 Å². The average molecular weight is 328 g/mol. The van der Waals surface area contributed by atoms with Crippen LogP contribution in [0.4, 0.5) is 5.69 Å². The molecule has 0 fully saturated rings. The number of carbonyl (C=O) groups is 1. The van der Waals surface area contributed by atoms with E-state index in [4.69, 9.17) is 6.42 Å². The molecule has 0 bridgehead atoms. The molecule has 0 aliphatic heterocycles. The number of methoxy groups -OCH3 is 1. The van der Waals surface area contributed by atoms with Crippen molar-refractivity contribution >= 4 is 27.6 Å². The minimum atomic E-state index is -0.531. The van der Waals surface area contributed by atoms with Crippen molar-refractivity contribution in [3.63, 3.8) is 0 Å². The summed E-state index contributed by atoms with van der Waals surface area (Å²) >= 11 is 3.18. The number of halogens is 1. The molecule has 6 nitrogen and oxygen atoms in total. The van der Waals surface area contributed by atoms with Crippen LogP contribution < -0.4 is 10.9 Å². The molecular weight excluding hydrogens is 314 g/mol. The predicted molar refractivity (Wildman–Crippen MR) is 74.8 cm³/mol. The minimum absolute atomic E-state index is 0.217. The van der Waals surface area contributed by atoms with Crippen molar-refractivity contribution < 1.29 is 9.53 Å². The Morgan fingerprint density at radius 2 is 2.42 bits per heavy atom. The normalized spacial score (nSPS) is 9.74. The number of nitrogens with zero attached hydrogens (tertiary/aromatic N) is 2. The van der Waals surface area contributed by atoms with Gasteiger partial charge in [-0.2, -0.15) is 5.10 Å². The largest absolute Gasteiger partial charge is 0.468 e. The second-order valence-corrected chi connectivity index (χ2v) is 4.44. The van der Waals surface area contributed by atoms with Crippen LogP contribution in [0.3, 0.4) is 0 Å². The molecule has 1 aromatic rings. The van der Waals surface area contributed by atoms with Crippen LogP contribution in [0.25, 0.3) is 0 Å². The third kappa shape index (κ3) is 4.41. The van der Waals surface area contributed by atoms with E-state index in [1.165, 1.54) is 13.3 Å². The van der Waals surface area contributed by atoms with Crippen molar-refractivity contribution in [1.82, 2.24) is 9.78 Å². The molecule has 1 aromatic heterocycles. The van der Waals surface area contributed by atoms with Crippen LogP contribution in [0.2, 0.25) is 0 Å². The van der Waals surface area contributed by atoms with Crippen molar-refractivity contribution in [2.24, 2.45) is 0 Å². The summed E-state index contributed by atoms with van der Waals surface area (Å²) in [6.07, 6.45) is 8.09. The Morgan fingerprint density at radius 1 is 1.68 bits per heavy atom. The van der Waals surface area contributed by atoms with E-state index in [1.54, 1.807) is 0 Å². The van der Waals surface area contributed by atoms with Crippen molar-refractivity contribution in [2.45, 2.75) is 19.4 Å². The van der Waals surface area contributed by atoms with Gasteiger partial charge in [0.2, 0.25) is 0 Å². The van der Waals surface area contributed by atoms with Gasteiger partial charge < -0.3 is 10.1 Å². The predicted octanol–water partition coefficient (Wildman–Crippen LogP) is 1.00. The van der Waals surface area contributed by atoms with Crippen molar-refractivity contribution in [2.75, 3.05) is 19.0 Å². The summed E-state index contributed by atoms with van der Waals surface area (Å²) in [6, 6.07) is 0. The van der Waals surface area contributed by atoms with E-state index in [1.807, 2.05) is 0 Å². The zero-order valence-corrected chi connectivity index (χ0v) is 12.1. The summed E-state index contributed by atoms with van der Waals surface area (Å²) in [4.78, 5) is 23.0. The fourth-order valence-electron chi connectivity index (χ4n) is 1.30. The number of terminal acetylenes is 1. The highest BCUT2D eigenvalue weighted by atomic mass is 79.9. The van der Waals surface area contributed by atoms with Crippen LogP contribution in [-0.4, -0.2) is 29.4 Å². The fraction of sp³-hybridized carbons (Fsp3) is 0.417. The number of hydrogen-bond donors (Lipinski definition) is 1. The van der Waals surface area contributed by atoms with E-state index in [9.17, 15) is 9.59 Å². The smallest absolute Gasteiger partial charge is 0.327 e. The third-order valence-electron chi connectivity index (χ3n) is 2.30. The average Bonchev–Trinajstić information content (AvgIpc) is 2.42. The number of anilines is 1. The number of aromatic nitrogens is 2. The Morgan fingerprint density at radius 3 is 3.05 bits per heavy atom. The quantitative estimate of drug-likeness (QED) is 0.479. The lowest BCUT2D eigenvalue weighted by Crippen LogP contribution is -2.28. The van der Waals surface area contributed by atoms with Crippen LogP contribution in [0.5, 0.6) is 0 Å². The van der Waals surface area contributed by atoms with Crippen molar-refractivity contribution in [3.8, 4) is 12.3 Å². The molecule has 0 saturated heterocycles. The maximum atomic E-state index is 11.9. The van der Waals surface area contributed by atoms with Crippen LogP contribution >= 0.6 is 15.9 Å². The lowest BCUT2D eigenvalue weighted by Gasteiger charge is -2.09. The SMILES string of the molecule is C#CCCCNc1cnn(CC(=O)OC)c(=O)c1Br. The van der Waals surface area contributed by atoms with Gasteiger partial charge in [-0.3, -0.25) is 9.59 Å². The van der Waals surface area contributed by atoms with Crippen LogP contribution in [0.15, 0.2) is 15.5 Å². The lowest BCUT2D eigenvalue weighted by molar-refractivity contribution is -0.141. The molecule has 0 aliphatic carbocycles. The van der Waals surface area contributed by atoms with Gasteiger partial charge in [0.1, 0.15) is 11.0 Å². The zero-order valence-electron chi connectivity index (χ0n) is 10.5. The summed E-state index contributed by atoms with van der Waals surface area (Å²) in [5.41, 5.74) is 0.176. The Kier molecular flexibility index (Phi) is 6.09. The van der Waals surface area contributed by atoms with E-state index < -0.39 is 11.5 Å². The van der Waals surface area contributed by atoms with Gasteiger partial charge in [-0.05, 0) is 22.4 Å². The summed E-state index contributed by atoms with van der Waals surface area (Å²) in [5.74, 6) is 2.00. The summed E-state index contributed by atoms with van der Waals surface area (Å²) in [7, 11) is 1.25. The highest BCUT2D eigenvalue weighted by Crippen LogP contribution is 2.15. The molecule has 0 aliphatic rings. The number of rotatable bonds is 6. The zero-order chi connectivity index (χ0) is 14.3. The number of nitrogens with one attached hydrogen (secondary N) is 1. The molecule has 0 spiro atoms. The highest BCUT2D eigenvalue weighted by molar-refractivity contribution is 9.10. The van der Waals surface area contributed by atoms with Gasteiger partial charge in [0.05, 0.1) is 19.0 Å². The Hall–Kier alpha value is -1.81. The number of hydrogen-bond acceptors (Lipinski definition) is 5. The maximum Gasteiger partial charge on any atom is 0.327 e. The number of ether oxygens (including phenoxy) is 1. The second-order valence-electron chi connectivity index (χ2n) is 3.65. The highest BCUT2D eigenvalue weighted by Gasteiger charge is 2.11. The standard InChI is InChI=1S/C12H14BrN3O3/c1-3-4-5-6-14-9-7-15-16(8-10(17)19-2)12(18)11(9)13/h1,7,14H,4-6,8H2,2H3. The van der Waals surface area contributed by atoms with E-state index in [-0.39, 0.29) is 6.54 Å². The fourth-order valence-corrected chi connectivity index (χ4v) is 1.75. The first-order valence-corrected chi connectivity index (χ1v) is 6.39. The van der Waals surface area contributed by atoms with Crippen molar-refractivity contribution in [1.29, 1.82) is 0 Å². The van der Waals surface area contributed by atoms with Gasteiger partial charge >= 0.3 is 5.97 Å². The Labute approximate surface area is 119 Å². The van der Waals surface area contributed by atoms with Gasteiger partial charge in [0.25, 0.3) is 5.56 Å². The van der Waals surface area contributed by atoms with Gasteiger partial charge in [0, 0.05) is 13.0 Å². The Bertz CT molecular complexity index is 548. The molecule has 1 N–H and O–H groups in total. The van der Waals surface area contributed by atoms with E-state index in [0.29, 0.717) is 23.1 Å². The van der Waals surface area contributed by atoms with Crippen molar-refractivity contribution in [3.05, 3.63) is 21.0 Å². The molecular formula is C12H14BrN3O3. The van der Waals surface area contributed by atoms with Crippen LogP contribution in [0, 0.1) is 12.3 Å². The number of unbranched alkanes of at least 4 members (excludes halogenated alkanes) is 1. The first kappa shape index (κ1) is 15.2. The third-order valence-corrected chi connectivity index (χ3v) is 3.07. The topological polar surface area (TPSA) is 73.2 Å². The van der Waals surface area contributed by atoms with Gasteiger partial charge in [-0.25, -0.2) is 4.68 Å². The van der Waals surface area contributed by atoms with E-state index >= 15 is 0 Å². The molecule has 19 heavy (non-hydrogen) atoms. The molecule has 0 unspecified atom stereocenters. The molecule has 102 valence electrons. The van der Waals surface area contributed by atoms with E-state index in [0.717, 1.165) is 11.1 Å². The van der Waals surface area contributed by atoms with Crippen LogP contribution in [-0.2, 0) is 16.1 Å². The molecule has 0 amide bonds. The summed E-state index contributed by atoms with van der Waals surface area (Å²) < 4.78 is 5.84. The monoisotopic (exact) mass is 327 g/mol. The molecule has 0 atom stereocenters. The molecule has 7 heteroatoms. The first-order chi connectivity index (χ1) is 9.10. The molecule has 0 aromatic carbocycles. The number of carbonyl (C=O) groups excluding carboxylic acids is 1. The first-order valence-electron chi connectivity index (χ1n) is 5.60. The molecule has 1 heterocycles. The Balaban J connectivity index is 2.77. The van der Waals surface area contributed by atoms with Crippen LogP contribution in [0.1, 0.15) is 12.8 Å². The van der Waals surface area contributed by atoms with Gasteiger partial charge in [-0.1, -0.05) is 0 Å². The summed E-state index contributed by atoms with van der Waals surface area (Å²) in [6.45, 7) is 0.427. The van der Waals surface area contributed by atoms with E-state index in [2.05, 4.69) is 37.0 Å².